The summed E-state index contributed by atoms with van der Waals surface area (Å²) in [7, 11) is 5.55. The van der Waals surface area contributed by atoms with E-state index < -0.39 is 6.09 Å². The van der Waals surface area contributed by atoms with Gasteiger partial charge >= 0.3 is 6.09 Å². The molecule has 0 saturated heterocycles. The molecule has 9 heteroatoms. The lowest BCUT2D eigenvalue weighted by molar-refractivity contribution is 0.115. The van der Waals surface area contributed by atoms with Crippen molar-refractivity contribution in [3.05, 3.63) is 42.1 Å². The topological polar surface area (TPSA) is 90.2 Å². The molecule has 3 aromatic rings. The van der Waals surface area contributed by atoms with Crippen LogP contribution in [0.4, 0.5) is 10.5 Å². The summed E-state index contributed by atoms with van der Waals surface area (Å²) in [5.41, 5.74) is 4.28. The number of aromatic nitrogens is 3. The summed E-state index contributed by atoms with van der Waals surface area (Å²) in [6.07, 6.45) is 9.46. The van der Waals surface area contributed by atoms with Gasteiger partial charge in [0.1, 0.15) is 17.7 Å². The highest BCUT2D eigenvalue weighted by Crippen LogP contribution is 2.39. The van der Waals surface area contributed by atoms with Gasteiger partial charge in [-0.25, -0.2) is 9.78 Å². The minimum atomic E-state index is -0.486. The molecule has 1 aliphatic rings. The van der Waals surface area contributed by atoms with Crippen LogP contribution in [0.25, 0.3) is 16.8 Å². The van der Waals surface area contributed by atoms with Crippen LogP contribution in [-0.2, 0) is 9.47 Å². The fourth-order valence-electron chi connectivity index (χ4n) is 5.63. The summed E-state index contributed by atoms with van der Waals surface area (Å²) in [6.45, 7) is 7.69. The number of amides is 1. The average molecular weight is 538 g/mol. The molecule has 1 saturated carbocycles. The highest BCUT2D eigenvalue weighted by Gasteiger charge is 2.29. The van der Waals surface area contributed by atoms with Crippen LogP contribution in [0.3, 0.4) is 0 Å². The first-order valence-corrected chi connectivity index (χ1v) is 14.0. The number of nitrogens with one attached hydrogen (secondary N) is 1. The summed E-state index contributed by atoms with van der Waals surface area (Å²) in [6, 6.07) is 6.31. The Morgan fingerprint density at radius 2 is 2.00 bits per heavy atom. The molecule has 1 atom stereocenters. The summed E-state index contributed by atoms with van der Waals surface area (Å²) in [5, 5.41) is 2.82. The number of benzene rings is 1. The fraction of sp³-hybridized carbons (Fsp3) is 0.567. The first-order valence-electron chi connectivity index (χ1n) is 14.0. The maximum absolute atomic E-state index is 12.4. The van der Waals surface area contributed by atoms with Crippen LogP contribution < -0.4 is 10.1 Å². The molecule has 39 heavy (non-hydrogen) atoms. The van der Waals surface area contributed by atoms with Crippen LogP contribution in [0.15, 0.2) is 30.6 Å². The van der Waals surface area contributed by atoms with Gasteiger partial charge in [-0.2, -0.15) is 0 Å². The molecule has 1 aliphatic carbocycles. The van der Waals surface area contributed by atoms with Crippen LogP contribution in [0.5, 0.6) is 5.75 Å². The number of hydrogen-bond donors (Lipinski definition) is 1. The molecule has 212 valence electrons. The van der Waals surface area contributed by atoms with Gasteiger partial charge in [0.15, 0.2) is 0 Å². The molecule has 1 amide bonds. The Kier molecular flexibility index (Phi) is 9.80. The fourth-order valence-corrected chi connectivity index (χ4v) is 5.63. The van der Waals surface area contributed by atoms with Crippen LogP contribution >= 0.6 is 0 Å². The molecule has 9 nitrogen and oxygen atoms in total. The van der Waals surface area contributed by atoms with Gasteiger partial charge < -0.3 is 19.1 Å². The molecule has 0 radical (unpaired) electrons. The Morgan fingerprint density at radius 1 is 1.23 bits per heavy atom. The van der Waals surface area contributed by atoms with Crippen molar-refractivity contribution >= 4 is 17.3 Å². The maximum Gasteiger partial charge on any atom is 0.412 e. The third-order valence-corrected chi connectivity index (χ3v) is 7.81. The van der Waals surface area contributed by atoms with Crippen LogP contribution in [0.1, 0.15) is 69.8 Å². The first kappa shape index (κ1) is 28.8. The maximum atomic E-state index is 12.4. The zero-order chi connectivity index (χ0) is 27.9. The zero-order valence-electron chi connectivity index (χ0n) is 24.2. The summed E-state index contributed by atoms with van der Waals surface area (Å²) in [5.74, 6) is 2.01. The number of methoxy groups -OCH3 is 2. The molecule has 0 spiro atoms. The van der Waals surface area contributed by atoms with Gasteiger partial charge in [0.05, 0.1) is 36.3 Å². The molecular formula is C30H43N5O4. The molecule has 0 bridgehead atoms. The number of nitrogens with zero attached hydrogens (tertiary/aromatic N) is 4. The number of likely N-dealkylation sites (N-methyl/N-ethyl adjacent to an activating group) is 1. The van der Waals surface area contributed by atoms with E-state index in [1.807, 2.05) is 44.4 Å². The standard InChI is InChI=1S/C30H43N5O4/c1-7-8-20(2)39-30(36)32-25-14-11-23(19-26(25)38-6)27-28-21(3)31-15-16-35(28)29(33-27)22-9-12-24(13-10-22)34(4)17-18-37-5/h11,14-16,19-20,22,24H,7-10,12-13,17-18H2,1-6H3,(H,32,36)/t20-,22-,24-/m0/s1. The van der Waals surface area contributed by atoms with E-state index in [4.69, 9.17) is 19.2 Å². The lowest BCUT2D eigenvalue weighted by Crippen LogP contribution is -2.37. The molecule has 1 aromatic carbocycles. The van der Waals surface area contributed by atoms with Crippen molar-refractivity contribution in [3.8, 4) is 17.0 Å². The van der Waals surface area contributed by atoms with Crippen molar-refractivity contribution in [1.82, 2.24) is 19.3 Å². The van der Waals surface area contributed by atoms with Gasteiger partial charge in [0, 0.05) is 43.6 Å². The lowest BCUT2D eigenvalue weighted by atomic mass is 9.85. The Hall–Kier alpha value is -3.17. The van der Waals surface area contributed by atoms with E-state index in [0.29, 0.717) is 23.4 Å². The van der Waals surface area contributed by atoms with Gasteiger partial charge in [-0.3, -0.25) is 14.7 Å². The minimum absolute atomic E-state index is 0.146. The Morgan fingerprint density at radius 3 is 2.69 bits per heavy atom. The summed E-state index contributed by atoms with van der Waals surface area (Å²) in [4.78, 5) is 24.6. The smallest absolute Gasteiger partial charge is 0.412 e. The van der Waals surface area contributed by atoms with Gasteiger partial charge in [-0.05, 0) is 65.1 Å². The molecule has 2 aromatic heterocycles. The largest absolute Gasteiger partial charge is 0.495 e. The third-order valence-electron chi connectivity index (χ3n) is 7.81. The van der Waals surface area contributed by atoms with Gasteiger partial charge in [0.25, 0.3) is 0 Å². The highest BCUT2D eigenvalue weighted by atomic mass is 16.6. The van der Waals surface area contributed by atoms with E-state index in [2.05, 4.69) is 33.6 Å². The van der Waals surface area contributed by atoms with Gasteiger partial charge in [-0.15, -0.1) is 0 Å². The Labute approximate surface area is 231 Å². The second kappa shape index (κ2) is 13.3. The molecule has 2 heterocycles. The normalized spacial score (nSPS) is 18.3. The predicted octanol–water partition coefficient (Wildman–Crippen LogP) is 6.05. The predicted molar refractivity (Wildman–Crippen MR) is 154 cm³/mol. The number of anilines is 1. The number of carbonyl (C=O) groups excluding carboxylic acids is 1. The van der Waals surface area contributed by atoms with Gasteiger partial charge in [0.2, 0.25) is 0 Å². The average Bonchev–Trinajstić information content (AvgIpc) is 3.33. The Balaban J connectivity index is 1.59. The zero-order valence-corrected chi connectivity index (χ0v) is 24.2. The summed E-state index contributed by atoms with van der Waals surface area (Å²) >= 11 is 0. The molecule has 1 fully saturated rings. The number of aryl methyl sites for hydroxylation is 1. The van der Waals surface area contributed by atoms with Crippen molar-refractivity contribution in [2.45, 2.75) is 77.4 Å². The second-order valence-corrected chi connectivity index (χ2v) is 10.6. The van der Waals surface area contributed by atoms with Crippen molar-refractivity contribution in [3.63, 3.8) is 0 Å². The quantitative estimate of drug-likeness (QED) is 0.318. The number of carbonyl (C=O) groups is 1. The van der Waals surface area contributed by atoms with E-state index >= 15 is 0 Å². The van der Waals surface area contributed by atoms with E-state index in [0.717, 1.165) is 80.0 Å². The van der Waals surface area contributed by atoms with E-state index in [1.54, 1.807) is 14.2 Å². The molecule has 4 rings (SSSR count). The second-order valence-electron chi connectivity index (χ2n) is 10.6. The third kappa shape index (κ3) is 6.70. The number of imidazole rings is 1. The highest BCUT2D eigenvalue weighted by molar-refractivity contribution is 5.89. The van der Waals surface area contributed by atoms with E-state index in [-0.39, 0.29) is 6.10 Å². The van der Waals surface area contributed by atoms with E-state index in [9.17, 15) is 4.79 Å². The van der Waals surface area contributed by atoms with Crippen LogP contribution in [-0.4, -0.2) is 71.9 Å². The number of fused-ring (bicyclic) bond motifs is 1. The van der Waals surface area contributed by atoms with E-state index in [1.165, 1.54) is 0 Å². The van der Waals surface area contributed by atoms with Crippen LogP contribution in [0, 0.1) is 6.92 Å². The Bertz CT molecular complexity index is 1250. The number of rotatable bonds is 11. The lowest BCUT2D eigenvalue weighted by Gasteiger charge is -2.34. The van der Waals surface area contributed by atoms with Crippen molar-refractivity contribution in [2.75, 3.05) is 39.7 Å². The van der Waals surface area contributed by atoms with Crippen LogP contribution in [0.2, 0.25) is 0 Å². The minimum Gasteiger partial charge on any atom is -0.495 e. The number of ether oxygens (including phenoxy) is 3. The molecule has 0 aliphatic heterocycles. The molecule has 0 unspecified atom stereocenters. The van der Waals surface area contributed by atoms with Crippen molar-refractivity contribution in [1.29, 1.82) is 0 Å². The van der Waals surface area contributed by atoms with Crippen molar-refractivity contribution < 1.29 is 19.0 Å². The monoisotopic (exact) mass is 537 g/mol. The molecule has 1 N–H and O–H groups in total. The summed E-state index contributed by atoms with van der Waals surface area (Å²) < 4.78 is 18.6. The number of hydrogen-bond acceptors (Lipinski definition) is 7. The van der Waals surface area contributed by atoms with Crippen molar-refractivity contribution in [2.24, 2.45) is 0 Å². The molecular weight excluding hydrogens is 494 g/mol. The SMILES string of the molecule is CCC[C@H](C)OC(=O)Nc1ccc(-c2nc([C@H]3CC[C@H](N(C)CCOC)CC3)n3ccnc(C)c23)cc1OC. The van der Waals surface area contributed by atoms with Gasteiger partial charge in [-0.1, -0.05) is 19.4 Å². The first-order chi connectivity index (χ1) is 18.9.